The van der Waals surface area contributed by atoms with E-state index in [2.05, 4.69) is 70.5 Å². The topological polar surface area (TPSA) is 90.0 Å². The van der Waals surface area contributed by atoms with Crippen LogP contribution in [-0.4, -0.2) is 79.8 Å². The van der Waals surface area contributed by atoms with Gasteiger partial charge in [-0.3, -0.25) is 9.69 Å². The van der Waals surface area contributed by atoms with Crippen molar-refractivity contribution in [1.82, 2.24) is 14.5 Å². The van der Waals surface area contributed by atoms with Crippen molar-refractivity contribution in [1.29, 1.82) is 0 Å². The van der Waals surface area contributed by atoms with Crippen LogP contribution in [0.5, 0.6) is 0 Å². The minimum Gasteiger partial charge on any atom is -0.481 e. The third-order valence-electron chi connectivity index (χ3n) is 17.5. The highest BCUT2D eigenvalue weighted by atomic mass is 32.2. The minimum atomic E-state index is -3.11. The molecule has 7 nitrogen and oxygen atoms in total. The summed E-state index contributed by atoms with van der Waals surface area (Å²) in [6.45, 7) is 24.9. The quantitative estimate of drug-likeness (QED) is 0.248. The van der Waals surface area contributed by atoms with E-state index >= 15 is 0 Å². The predicted molar refractivity (Wildman–Crippen MR) is 207 cm³/mol. The van der Waals surface area contributed by atoms with Gasteiger partial charge in [-0.2, -0.15) is 4.31 Å². The lowest BCUT2D eigenvalue weighted by Gasteiger charge is -2.72. The lowest BCUT2D eigenvalue weighted by Crippen LogP contribution is -2.68. The summed E-state index contributed by atoms with van der Waals surface area (Å²) in [6.07, 6.45) is 20.0. The fourth-order valence-electron chi connectivity index (χ4n) is 14.7. The highest BCUT2D eigenvalue weighted by Gasteiger charge is 2.70. The van der Waals surface area contributed by atoms with E-state index < -0.39 is 16.0 Å². The van der Waals surface area contributed by atoms with Crippen molar-refractivity contribution in [3.8, 4) is 0 Å². The van der Waals surface area contributed by atoms with Crippen LogP contribution in [0.2, 0.25) is 0 Å². The lowest BCUT2D eigenvalue weighted by molar-refractivity contribution is -0.221. The van der Waals surface area contributed by atoms with Gasteiger partial charge in [0.2, 0.25) is 10.0 Å². The molecule has 7 aliphatic rings. The van der Waals surface area contributed by atoms with Crippen LogP contribution >= 0.6 is 0 Å². The fraction of sp³-hybridized carbons (Fsp3) is 0.837. The predicted octanol–water partition coefficient (Wildman–Crippen LogP) is 7.91. The molecule has 0 radical (unpaired) electrons. The van der Waals surface area contributed by atoms with Crippen LogP contribution in [0, 0.1) is 57.2 Å². The molecule has 2 N–H and O–H groups in total. The first kappa shape index (κ1) is 37.8. The van der Waals surface area contributed by atoms with Gasteiger partial charge >= 0.3 is 5.97 Å². The average Bonchev–Trinajstić information content (AvgIpc) is 3.45. The summed E-state index contributed by atoms with van der Waals surface area (Å²) in [6, 6.07) is 0. The molecule has 4 saturated carbocycles. The van der Waals surface area contributed by atoms with Gasteiger partial charge in [-0.1, -0.05) is 58.9 Å². The number of rotatable bonds is 8. The number of aliphatic carboxylic acids is 1. The van der Waals surface area contributed by atoms with Crippen LogP contribution in [0.3, 0.4) is 0 Å². The number of carboxylic acids is 1. The molecule has 0 amide bonds. The van der Waals surface area contributed by atoms with Gasteiger partial charge in [0.25, 0.3) is 0 Å². The summed E-state index contributed by atoms with van der Waals surface area (Å²) in [4.78, 5) is 14.1. The SMILES string of the molecule is C=C(C)[C@@H]1CC[C@]2(NCCN3CCN(S(C)(=O)=O)CC3)CC[C@]3(C)[C@H](CC[C@@H]4[C@@]5(C)CC=C(C6=CCC(C(=O)O)CC6)C(C)(C)[C@@H]5CC[C@]43C)[C@@H]12. The summed E-state index contributed by atoms with van der Waals surface area (Å²) in [7, 11) is -3.11. The molecule has 8 heteroatoms. The first-order valence-electron chi connectivity index (χ1n) is 20.6. The second kappa shape index (κ2) is 13.1. The van der Waals surface area contributed by atoms with Gasteiger partial charge in [-0.25, -0.2) is 8.42 Å². The number of nitrogens with one attached hydrogen (secondary N) is 1. The number of fused-ring (bicyclic) bond motifs is 7. The van der Waals surface area contributed by atoms with Gasteiger partial charge in [0.15, 0.2) is 0 Å². The van der Waals surface area contributed by atoms with Crippen LogP contribution in [-0.2, 0) is 14.8 Å². The number of sulfonamides is 1. The van der Waals surface area contributed by atoms with Gasteiger partial charge in [-0.15, -0.1) is 0 Å². The summed E-state index contributed by atoms with van der Waals surface area (Å²) in [5.74, 6) is 2.37. The summed E-state index contributed by atoms with van der Waals surface area (Å²) in [5, 5.41) is 13.9. The van der Waals surface area contributed by atoms with Crippen molar-refractivity contribution >= 4 is 16.0 Å². The number of carboxylic acid groups (broad SMARTS) is 1. The molecule has 7 rings (SSSR count). The maximum Gasteiger partial charge on any atom is 0.306 e. The minimum absolute atomic E-state index is 0.0908. The van der Waals surface area contributed by atoms with Crippen LogP contribution in [0.15, 0.2) is 35.5 Å². The molecule has 1 saturated heterocycles. The molecule has 0 aromatic rings. The summed E-state index contributed by atoms with van der Waals surface area (Å²) >= 11 is 0. The monoisotopic (exact) mass is 724 g/mol. The number of piperazine rings is 1. The Bertz CT molecular complexity index is 1580. The van der Waals surface area contributed by atoms with Gasteiger partial charge in [0.05, 0.1) is 12.2 Å². The highest BCUT2D eigenvalue weighted by molar-refractivity contribution is 7.88. The molecule has 5 fully saturated rings. The van der Waals surface area contributed by atoms with E-state index in [0.29, 0.717) is 59.9 Å². The second-order valence-electron chi connectivity index (χ2n) is 19.9. The van der Waals surface area contributed by atoms with Gasteiger partial charge in [-0.05, 0) is 146 Å². The number of allylic oxidation sites excluding steroid dienone is 5. The van der Waals surface area contributed by atoms with E-state index in [1.807, 2.05) is 0 Å². The standard InChI is InChI=1S/C43H69N3O4S/c1-29(2)32-15-20-43(44-23-24-45-25-27-46(28-26-45)51(8,49)50)22-21-41(6)34(37(32)43)13-14-36-40(5)18-16-33(30-9-11-31(12-10-30)38(47)48)39(3,4)35(40)17-19-42(36,41)7/h9,16,31-32,34-37,44H,1,10-15,17-28H2,2-8H3,(H,47,48)/t31?,32-,34+,35-,36+,37+,40-,41+,42+,43-/m0/s1. The van der Waals surface area contributed by atoms with Crippen LogP contribution < -0.4 is 5.32 Å². The molecular weight excluding hydrogens is 655 g/mol. The average molecular weight is 724 g/mol. The van der Waals surface area contributed by atoms with Gasteiger partial charge in [0, 0.05) is 44.8 Å². The Morgan fingerprint density at radius 2 is 1.65 bits per heavy atom. The third-order valence-corrected chi connectivity index (χ3v) is 18.8. The number of hydrogen-bond acceptors (Lipinski definition) is 5. The van der Waals surface area contributed by atoms with Gasteiger partial charge < -0.3 is 10.4 Å². The van der Waals surface area contributed by atoms with Crippen molar-refractivity contribution in [2.24, 2.45) is 57.2 Å². The molecule has 1 aliphatic heterocycles. The number of carbonyl (C=O) groups is 1. The number of nitrogens with zero attached hydrogens (tertiary/aromatic N) is 2. The van der Waals surface area contributed by atoms with Crippen LogP contribution in [0.1, 0.15) is 119 Å². The van der Waals surface area contributed by atoms with Crippen molar-refractivity contribution in [3.05, 3.63) is 35.5 Å². The zero-order valence-corrected chi connectivity index (χ0v) is 33.8. The van der Waals surface area contributed by atoms with E-state index in [4.69, 9.17) is 0 Å². The highest BCUT2D eigenvalue weighted by Crippen LogP contribution is 2.76. The molecule has 286 valence electrons. The molecule has 1 unspecified atom stereocenters. The maximum atomic E-state index is 12.1. The zero-order valence-electron chi connectivity index (χ0n) is 33.0. The Hall–Kier alpha value is -1.48. The maximum absolute atomic E-state index is 12.1. The third kappa shape index (κ3) is 5.98. The Kier molecular flexibility index (Phi) is 9.70. The largest absolute Gasteiger partial charge is 0.481 e. The molecule has 10 atom stereocenters. The summed E-state index contributed by atoms with van der Waals surface area (Å²) in [5.41, 5.74) is 5.47. The van der Waals surface area contributed by atoms with Crippen molar-refractivity contribution in [2.45, 2.75) is 124 Å². The van der Waals surface area contributed by atoms with Crippen LogP contribution in [0.4, 0.5) is 0 Å². The van der Waals surface area contributed by atoms with Crippen molar-refractivity contribution in [3.63, 3.8) is 0 Å². The Morgan fingerprint density at radius 1 is 0.922 bits per heavy atom. The molecule has 51 heavy (non-hydrogen) atoms. The first-order chi connectivity index (χ1) is 23.9. The molecule has 1 heterocycles. The van der Waals surface area contributed by atoms with E-state index in [9.17, 15) is 18.3 Å². The van der Waals surface area contributed by atoms with Crippen molar-refractivity contribution in [2.75, 3.05) is 45.5 Å². The summed E-state index contributed by atoms with van der Waals surface area (Å²) < 4.78 is 25.7. The van der Waals surface area contributed by atoms with Gasteiger partial charge in [0.1, 0.15) is 0 Å². The van der Waals surface area contributed by atoms with E-state index in [1.165, 1.54) is 74.3 Å². The zero-order chi connectivity index (χ0) is 36.8. The van der Waals surface area contributed by atoms with Crippen molar-refractivity contribution < 1.29 is 18.3 Å². The Balaban J connectivity index is 1.11. The molecule has 0 spiro atoms. The van der Waals surface area contributed by atoms with E-state index in [-0.39, 0.29) is 22.3 Å². The normalized spacial score (nSPS) is 44.3. The molecular formula is C43H69N3O4S. The smallest absolute Gasteiger partial charge is 0.306 e. The van der Waals surface area contributed by atoms with E-state index in [1.54, 1.807) is 4.31 Å². The fourth-order valence-corrected chi connectivity index (χ4v) is 15.5. The molecule has 0 aromatic carbocycles. The second-order valence-corrected chi connectivity index (χ2v) is 21.8. The Labute approximate surface area is 310 Å². The molecule has 6 aliphatic carbocycles. The van der Waals surface area contributed by atoms with Crippen LogP contribution in [0.25, 0.3) is 0 Å². The Morgan fingerprint density at radius 3 is 2.27 bits per heavy atom. The number of hydrogen-bond donors (Lipinski definition) is 2. The molecule has 0 bridgehead atoms. The first-order valence-corrected chi connectivity index (χ1v) is 22.4. The molecule has 0 aromatic heterocycles. The van der Waals surface area contributed by atoms with E-state index in [0.717, 1.165) is 45.4 Å². The lowest BCUT2D eigenvalue weighted by atomic mass is 9.33.